The largest absolute Gasteiger partial charge is 0.477 e. The summed E-state index contributed by atoms with van der Waals surface area (Å²) in [6, 6.07) is 2.78. The first kappa shape index (κ1) is 13.0. The monoisotopic (exact) mass is 254 g/mol. The molecule has 0 saturated carbocycles. The van der Waals surface area contributed by atoms with Gasteiger partial charge in [-0.3, -0.25) is 0 Å². The van der Waals surface area contributed by atoms with E-state index >= 15 is 0 Å². The van der Waals surface area contributed by atoms with Gasteiger partial charge in [-0.05, 0) is 19.1 Å². The average molecular weight is 254 g/mol. The van der Waals surface area contributed by atoms with Gasteiger partial charge in [-0.1, -0.05) is 0 Å². The van der Waals surface area contributed by atoms with Gasteiger partial charge >= 0.3 is 12.1 Å². The lowest BCUT2D eigenvalue weighted by molar-refractivity contribution is -0.217. The number of carbonyl (C=O) groups is 1. The highest BCUT2D eigenvalue weighted by molar-refractivity contribution is 7.13. The predicted octanol–water partition coefficient (Wildman–Crippen LogP) is 2.91. The first-order valence-corrected chi connectivity index (χ1v) is 5.12. The van der Waals surface area contributed by atoms with Crippen LogP contribution in [-0.2, 0) is 11.3 Å². The number of aromatic carboxylic acids is 1. The molecule has 0 amide bonds. The molecule has 1 rings (SSSR count). The van der Waals surface area contributed by atoms with Gasteiger partial charge in [0.15, 0.2) is 6.10 Å². The van der Waals surface area contributed by atoms with E-state index in [4.69, 9.17) is 5.11 Å². The van der Waals surface area contributed by atoms with Crippen LogP contribution in [0.25, 0.3) is 0 Å². The van der Waals surface area contributed by atoms with E-state index in [1.165, 1.54) is 12.1 Å². The van der Waals surface area contributed by atoms with Crippen molar-refractivity contribution in [3.63, 3.8) is 0 Å². The third-order valence-electron chi connectivity index (χ3n) is 1.81. The summed E-state index contributed by atoms with van der Waals surface area (Å²) in [7, 11) is 0. The van der Waals surface area contributed by atoms with Crippen molar-refractivity contribution in [1.29, 1.82) is 0 Å². The van der Waals surface area contributed by atoms with Crippen molar-refractivity contribution in [1.82, 2.24) is 0 Å². The maximum Gasteiger partial charge on any atom is 0.414 e. The Morgan fingerprint density at radius 2 is 2.19 bits per heavy atom. The molecule has 0 fully saturated rings. The van der Waals surface area contributed by atoms with E-state index in [9.17, 15) is 18.0 Å². The van der Waals surface area contributed by atoms with Crippen molar-refractivity contribution in [3.05, 3.63) is 21.9 Å². The topological polar surface area (TPSA) is 46.5 Å². The molecule has 0 aliphatic carbocycles. The Bertz CT molecular complexity index is 372. The van der Waals surface area contributed by atoms with Crippen LogP contribution in [-0.4, -0.2) is 23.4 Å². The Labute approximate surface area is 93.5 Å². The standard InChI is InChI=1S/C9H9F3O3S/c1-5(9(10,11)12)15-4-6-2-3-7(16-6)8(13)14/h2-3,5H,4H2,1H3,(H,13,14). The number of alkyl halides is 3. The molecule has 0 radical (unpaired) electrons. The molecule has 0 aliphatic heterocycles. The van der Waals surface area contributed by atoms with Gasteiger partial charge in [-0.2, -0.15) is 13.2 Å². The quantitative estimate of drug-likeness (QED) is 0.898. The van der Waals surface area contributed by atoms with Crippen molar-refractivity contribution in [2.45, 2.75) is 25.8 Å². The van der Waals surface area contributed by atoms with E-state index in [1.54, 1.807) is 0 Å². The maximum atomic E-state index is 12.1. The minimum atomic E-state index is -4.40. The zero-order valence-corrected chi connectivity index (χ0v) is 9.06. The van der Waals surface area contributed by atoms with Gasteiger partial charge in [-0.25, -0.2) is 4.79 Å². The predicted molar refractivity (Wildman–Crippen MR) is 51.6 cm³/mol. The lowest BCUT2D eigenvalue weighted by Gasteiger charge is -2.15. The van der Waals surface area contributed by atoms with Crippen molar-refractivity contribution < 1.29 is 27.8 Å². The second-order valence-electron chi connectivity index (χ2n) is 3.07. The maximum absolute atomic E-state index is 12.1. The number of hydrogen-bond acceptors (Lipinski definition) is 3. The second-order valence-corrected chi connectivity index (χ2v) is 4.23. The summed E-state index contributed by atoms with van der Waals surface area (Å²) in [5.41, 5.74) is 0. The zero-order valence-electron chi connectivity index (χ0n) is 8.25. The van der Waals surface area contributed by atoms with Gasteiger partial charge in [0, 0.05) is 4.88 Å². The number of carboxylic acid groups (broad SMARTS) is 1. The summed E-state index contributed by atoms with van der Waals surface area (Å²) in [6.45, 7) is 0.671. The number of thiophene rings is 1. The summed E-state index contributed by atoms with van der Waals surface area (Å²) in [5.74, 6) is -1.10. The molecule has 0 aromatic carbocycles. The van der Waals surface area contributed by atoms with Crippen LogP contribution >= 0.6 is 11.3 Å². The van der Waals surface area contributed by atoms with Gasteiger partial charge in [0.25, 0.3) is 0 Å². The lowest BCUT2D eigenvalue weighted by Crippen LogP contribution is -2.28. The molecule has 1 heterocycles. The third-order valence-corrected chi connectivity index (χ3v) is 2.86. The fourth-order valence-electron chi connectivity index (χ4n) is 0.872. The Balaban J connectivity index is 2.52. The number of carboxylic acids is 1. The molecule has 1 atom stereocenters. The number of ether oxygens (including phenoxy) is 1. The van der Waals surface area contributed by atoms with Crippen molar-refractivity contribution in [3.8, 4) is 0 Å². The summed E-state index contributed by atoms with van der Waals surface area (Å²) in [5, 5.41) is 8.59. The summed E-state index contributed by atoms with van der Waals surface area (Å²) in [6.07, 6.45) is -6.25. The molecule has 16 heavy (non-hydrogen) atoms. The third kappa shape index (κ3) is 3.49. The van der Waals surface area contributed by atoms with Gasteiger partial charge in [0.2, 0.25) is 0 Å². The lowest BCUT2D eigenvalue weighted by atomic mass is 10.4. The van der Waals surface area contributed by atoms with E-state index < -0.39 is 18.2 Å². The molecule has 0 spiro atoms. The highest BCUT2D eigenvalue weighted by Crippen LogP contribution is 2.24. The van der Waals surface area contributed by atoms with Crippen LogP contribution in [0.1, 0.15) is 21.5 Å². The van der Waals surface area contributed by atoms with E-state index in [0.717, 1.165) is 18.3 Å². The molecule has 1 aromatic rings. The molecule has 1 aromatic heterocycles. The summed E-state index contributed by atoms with van der Waals surface area (Å²) >= 11 is 0.902. The minimum absolute atomic E-state index is 0.0817. The van der Waals surface area contributed by atoms with Crippen molar-refractivity contribution in [2.24, 2.45) is 0 Å². The molecule has 90 valence electrons. The Hall–Kier alpha value is -1.08. The second kappa shape index (κ2) is 4.84. The zero-order chi connectivity index (χ0) is 12.3. The molecule has 3 nitrogen and oxygen atoms in total. The normalized spacial score (nSPS) is 13.8. The van der Waals surface area contributed by atoms with Crippen LogP contribution in [0.4, 0.5) is 13.2 Å². The Morgan fingerprint density at radius 1 is 1.56 bits per heavy atom. The smallest absolute Gasteiger partial charge is 0.414 e. The van der Waals surface area contributed by atoms with Crippen LogP contribution < -0.4 is 0 Å². The molecule has 0 aliphatic rings. The summed E-state index contributed by atoms with van der Waals surface area (Å²) in [4.78, 5) is 11.0. The Morgan fingerprint density at radius 3 is 2.62 bits per heavy atom. The van der Waals surface area contributed by atoms with E-state index in [0.29, 0.717) is 4.88 Å². The SMILES string of the molecule is CC(OCc1ccc(C(=O)O)s1)C(F)(F)F. The highest BCUT2D eigenvalue weighted by atomic mass is 32.1. The highest BCUT2D eigenvalue weighted by Gasteiger charge is 2.36. The molecule has 1 N–H and O–H groups in total. The van der Waals surface area contributed by atoms with Crippen molar-refractivity contribution >= 4 is 17.3 Å². The van der Waals surface area contributed by atoms with Gasteiger partial charge in [0.05, 0.1) is 6.61 Å². The molecule has 0 saturated heterocycles. The van der Waals surface area contributed by atoms with Gasteiger partial charge in [0.1, 0.15) is 4.88 Å². The molecule has 1 unspecified atom stereocenters. The van der Waals surface area contributed by atoms with Crippen LogP contribution in [0.5, 0.6) is 0 Å². The van der Waals surface area contributed by atoms with E-state index in [1.807, 2.05) is 0 Å². The minimum Gasteiger partial charge on any atom is -0.477 e. The van der Waals surface area contributed by atoms with Crippen LogP contribution in [0.15, 0.2) is 12.1 Å². The number of halogens is 3. The van der Waals surface area contributed by atoms with Crippen LogP contribution in [0.3, 0.4) is 0 Å². The number of hydrogen-bond donors (Lipinski definition) is 1. The summed E-state index contributed by atoms with van der Waals surface area (Å²) < 4.78 is 40.8. The number of rotatable bonds is 4. The molecule has 7 heteroatoms. The Kier molecular flexibility index (Phi) is 3.93. The fourth-order valence-corrected chi connectivity index (χ4v) is 1.64. The van der Waals surface area contributed by atoms with Crippen LogP contribution in [0.2, 0.25) is 0 Å². The molecular weight excluding hydrogens is 245 g/mol. The molecular formula is C9H9F3O3S. The van der Waals surface area contributed by atoms with E-state index in [-0.39, 0.29) is 11.5 Å². The van der Waals surface area contributed by atoms with Gasteiger partial charge in [-0.15, -0.1) is 11.3 Å². The van der Waals surface area contributed by atoms with Crippen molar-refractivity contribution in [2.75, 3.05) is 0 Å². The fraction of sp³-hybridized carbons (Fsp3) is 0.444. The van der Waals surface area contributed by atoms with Crippen LogP contribution in [0, 0.1) is 0 Å². The first-order chi connectivity index (χ1) is 7.30. The molecule has 0 bridgehead atoms. The van der Waals surface area contributed by atoms with E-state index in [2.05, 4.69) is 4.74 Å². The first-order valence-electron chi connectivity index (χ1n) is 4.31. The average Bonchev–Trinajstić information content (AvgIpc) is 2.60. The van der Waals surface area contributed by atoms with Gasteiger partial charge < -0.3 is 9.84 Å².